The normalized spacial score (nSPS) is 19.7. The number of benzene rings is 1. The number of hydrogen-bond acceptors (Lipinski definition) is 7. The largest absolute Gasteiger partial charge is 0.345 e. The highest BCUT2D eigenvalue weighted by Crippen LogP contribution is 2.29. The molecule has 1 saturated heterocycles. The summed E-state index contributed by atoms with van der Waals surface area (Å²) >= 11 is 7.37. The van der Waals surface area contributed by atoms with Crippen molar-refractivity contribution in [3.63, 3.8) is 0 Å². The summed E-state index contributed by atoms with van der Waals surface area (Å²) in [6.07, 6.45) is 4.56. The van der Waals surface area contributed by atoms with Crippen LogP contribution in [0.2, 0.25) is 5.02 Å². The van der Waals surface area contributed by atoms with Gasteiger partial charge in [-0.25, -0.2) is 13.4 Å². The van der Waals surface area contributed by atoms with E-state index in [9.17, 15) is 13.2 Å². The molecule has 1 unspecified atom stereocenters. The Labute approximate surface area is 212 Å². The summed E-state index contributed by atoms with van der Waals surface area (Å²) in [7, 11) is -3.72. The van der Waals surface area contributed by atoms with E-state index in [2.05, 4.69) is 15.3 Å². The van der Waals surface area contributed by atoms with Gasteiger partial charge in [0.2, 0.25) is 0 Å². The molecule has 3 N–H and O–H groups in total. The van der Waals surface area contributed by atoms with Crippen molar-refractivity contribution in [1.29, 1.82) is 5.41 Å². The first kappa shape index (κ1) is 24.1. The van der Waals surface area contributed by atoms with Crippen LogP contribution in [0, 0.1) is 5.41 Å². The van der Waals surface area contributed by atoms with Crippen LogP contribution in [0.4, 0.5) is 0 Å². The van der Waals surface area contributed by atoms with Crippen LogP contribution in [0.5, 0.6) is 0 Å². The van der Waals surface area contributed by atoms with Gasteiger partial charge in [0.05, 0.1) is 10.9 Å². The maximum atomic E-state index is 13.2. The average Bonchev–Trinajstić information content (AvgIpc) is 3.51. The number of fused-ring (bicyclic) bond motifs is 1. The molecule has 9 nitrogen and oxygen atoms in total. The van der Waals surface area contributed by atoms with E-state index in [0.717, 1.165) is 28.8 Å². The number of sulfonamides is 1. The van der Waals surface area contributed by atoms with Crippen molar-refractivity contribution in [1.82, 2.24) is 24.5 Å². The Morgan fingerprint density at radius 1 is 1.23 bits per heavy atom. The van der Waals surface area contributed by atoms with Crippen molar-refractivity contribution in [2.45, 2.75) is 24.4 Å². The SMILES string of the molecule is CC(=N)C1C=C(c2cnc(C(=O)N3CCN(S(=O)(=O)c4cc5cc(Cl)ccc5[nH]4)CC3)s2)CCN1. The highest BCUT2D eigenvalue weighted by Gasteiger charge is 2.32. The quantitative estimate of drug-likeness (QED) is 0.435. The number of rotatable bonds is 5. The molecule has 0 saturated carbocycles. The molecule has 1 atom stereocenters. The fourth-order valence-corrected chi connectivity index (χ4v) is 6.89. The molecule has 0 aliphatic carbocycles. The molecule has 4 heterocycles. The van der Waals surface area contributed by atoms with E-state index in [0.29, 0.717) is 34.3 Å². The topological polar surface area (TPSA) is 122 Å². The molecule has 2 aliphatic rings. The lowest BCUT2D eigenvalue weighted by Gasteiger charge is -2.33. The number of amides is 1. The predicted octanol–water partition coefficient (Wildman–Crippen LogP) is 3.21. The number of halogens is 1. The molecule has 2 aromatic heterocycles. The number of piperazine rings is 1. The maximum Gasteiger partial charge on any atom is 0.282 e. The third-order valence-electron chi connectivity index (χ3n) is 6.30. The van der Waals surface area contributed by atoms with Crippen LogP contribution >= 0.6 is 22.9 Å². The fraction of sp³-hybridized carbons (Fsp3) is 0.348. The lowest BCUT2D eigenvalue weighted by molar-refractivity contribution is 0.0697. The molecule has 35 heavy (non-hydrogen) atoms. The number of hydrogen-bond donors (Lipinski definition) is 3. The van der Waals surface area contributed by atoms with E-state index >= 15 is 0 Å². The van der Waals surface area contributed by atoms with Gasteiger partial charge in [0.15, 0.2) is 5.01 Å². The Morgan fingerprint density at radius 2 is 2.00 bits per heavy atom. The zero-order valence-electron chi connectivity index (χ0n) is 19.0. The number of nitrogens with one attached hydrogen (secondary N) is 3. The zero-order valence-corrected chi connectivity index (χ0v) is 21.4. The molecule has 5 rings (SSSR count). The summed E-state index contributed by atoms with van der Waals surface area (Å²) in [5.74, 6) is -0.187. The van der Waals surface area contributed by atoms with Crippen LogP contribution in [-0.2, 0) is 10.0 Å². The molecule has 0 radical (unpaired) electrons. The molecule has 2 aliphatic heterocycles. The minimum absolute atomic E-state index is 0.0933. The summed E-state index contributed by atoms with van der Waals surface area (Å²) in [6.45, 7) is 3.54. The number of thiazole rings is 1. The molecule has 1 amide bonds. The number of aromatic nitrogens is 2. The Bertz CT molecular complexity index is 1440. The van der Waals surface area contributed by atoms with Gasteiger partial charge in [-0.05, 0) is 43.2 Å². The number of H-pyrrole nitrogens is 1. The first-order chi connectivity index (χ1) is 16.7. The molecule has 3 aromatic rings. The maximum absolute atomic E-state index is 13.2. The Hall–Kier alpha value is -2.57. The van der Waals surface area contributed by atoms with E-state index in [1.807, 2.05) is 6.08 Å². The minimum Gasteiger partial charge on any atom is -0.345 e. The Morgan fingerprint density at radius 3 is 2.74 bits per heavy atom. The molecular formula is C23H25ClN6O3S2. The fourth-order valence-electron chi connectivity index (χ4n) is 4.33. The summed E-state index contributed by atoms with van der Waals surface area (Å²) in [6, 6.07) is 6.68. The monoisotopic (exact) mass is 532 g/mol. The first-order valence-electron chi connectivity index (χ1n) is 11.3. The predicted molar refractivity (Wildman–Crippen MR) is 138 cm³/mol. The van der Waals surface area contributed by atoms with Gasteiger partial charge in [-0.2, -0.15) is 4.31 Å². The van der Waals surface area contributed by atoms with E-state index in [1.54, 1.807) is 42.3 Å². The third kappa shape index (κ3) is 4.78. The van der Waals surface area contributed by atoms with Crippen molar-refractivity contribution < 1.29 is 13.2 Å². The van der Waals surface area contributed by atoms with E-state index in [1.165, 1.54) is 15.6 Å². The second kappa shape index (κ2) is 9.47. The minimum atomic E-state index is -3.72. The lowest BCUT2D eigenvalue weighted by Crippen LogP contribution is -2.50. The molecule has 1 aromatic carbocycles. The summed E-state index contributed by atoms with van der Waals surface area (Å²) in [5, 5.41) is 12.9. The second-order valence-electron chi connectivity index (χ2n) is 8.65. The van der Waals surface area contributed by atoms with Gasteiger partial charge in [-0.1, -0.05) is 17.7 Å². The van der Waals surface area contributed by atoms with Crippen molar-refractivity contribution in [2.24, 2.45) is 0 Å². The van der Waals surface area contributed by atoms with Gasteiger partial charge in [0.1, 0.15) is 5.03 Å². The first-order valence-corrected chi connectivity index (χ1v) is 13.9. The van der Waals surface area contributed by atoms with Crippen molar-refractivity contribution in [3.05, 3.63) is 51.4 Å². The van der Waals surface area contributed by atoms with Gasteiger partial charge in [0, 0.05) is 60.6 Å². The summed E-state index contributed by atoms with van der Waals surface area (Å²) < 4.78 is 27.7. The van der Waals surface area contributed by atoms with Crippen LogP contribution in [0.3, 0.4) is 0 Å². The Balaban J connectivity index is 1.25. The third-order valence-corrected chi connectivity index (χ3v) is 9.42. The molecule has 184 valence electrons. The molecular weight excluding hydrogens is 508 g/mol. The van der Waals surface area contributed by atoms with Gasteiger partial charge in [-0.3, -0.25) is 4.79 Å². The van der Waals surface area contributed by atoms with Gasteiger partial charge in [-0.15, -0.1) is 11.3 Å². The van der Waals surface area contributed by atoms with Crippen LogP contribution in [0.25, 0.3) is 16.5 Å². The second-order valence-corrected chi connectivity index (χ2v) is 12.0. The standard InChI is InChI=1S/C23H25ClN6O3S2/c1-14(25)19-11-15(4-5-26-19)20-13-27-22(34-20)23(31)29-6-8-30(9-7-29)35(32,33)21-12-16-10-17(24)2-3-18(16)28-21/h2-3,10-13,19,25-26,28H,4-9H2,1H3. The smallest absolute Gasteiger partial charge is 0.282 e. The summed E-state index contributed by atoms with van der Waals surface area (Å²) in [5.41, 5.74) is 2.34. The van der Waals surface area contributed by atoms with E-state index < -0.39 is 10.0 Å². The van der Waals surface area contributed by atoms with Crippen LogP contribution in [0.1, 0.15) is 28.0 Å². The molecule has 1 fully saturated rings. The number of aromatic amines is 1. The lowest BCUT2D eigenvalue weighted by atomic mass is 10.0. The van der Waals surface area contributed by atoms with E-state index in [4.69, 9.17) is 17.0 Å². The highest BCUT2D eigenvalue weighted by molar-refractivity contribution is 7.89. The number of nitrogens with zero attached hydrogens (tertiary/aromatic N) is 3. The van der Waals surface area contributed by atoms with Crippen molar-refractivity contribution >= 4 is 61.1 Å². The van der Waals surface area contributed by atoms with Crippen LogP contribution in [0.15, 0.2) is 41.6 Å². The van der Waals surface area contributed by atoms with Crippen molar-refractivity contribution in [3.8, 4) is 0 Å². The van der Waals surface area contributed by atoms with Gasteiger partial charge >= 0.3 is 0 Å². The molecule has 0 bridgehead atoms. The van der Waals surface area contributed by atoms with E-state index in [-0.39, 0.29) is 30.1 Å². The molecule has 0 spiro atoms. The Kier molecular flexibility index (Phi) is 6.53. The zero-order chi connectivity index (χ0) is 24.7. The van der Waals surface area contributed by atoms with Gasteiger partial charge < -0.3 is 20.6 Å². The molecule has 12 heteroatoms. The average molecular weight is 533 g/mol. The number of carbonyl (C=O) groups excluding carboxylic acids is 1. The van der Waals surface area contributed by atoms with Gasteiger partial charge in [0.25, 0.3) is 15.9 Å². The van der Waals surface area contributed by atoms with Crippen molar-refractivity contribution in [2.75, 3.05) is 32.7 Å². The highest BCUT2D eigenvalue weighted by atomic mass is 35.5. The van der Waals surface area contributed by atoms with Crippen LogP contribution < -0.4 is 5.32 Å². The number of carbonyl (C=O) groups is 1. The van der Waals surface area contributed by atoms with Crippen LogP contribution in [-0.4, -0.2) is 78.0 Å². The summed E-state index contributed by atoms with van der Waals surface area (Å²) in [4.78, 5) is 23.0.